The molecule has 1 amide bonds. The number of nitrogens with one attached hydrogen (secondary N) is 1. The van der Waals surface area contributed by atoms with Crippen LogP contribution in [0.25, 0.3) is 0 Å². The van der Waals surface area contributed by atoms with Crippen molar-refractivity contribution < 1.29 is 9.18 Å². The number of hydrogen-bond donors (Lipinski definition) is 1. The molecule has 0 atom stereocenters. The van der Waals surface area contributed by atoms with E-state index in [1.54, 1.807) is 0 Å². The van der Waals surface area contributed by atoms with Crippen LogP contribution in [0.5, 0.6) is 0 Å². The highest BCUT2D eigenvalue weighted by Crippen LogP contribution is 2.21. The van der Waals surface area contributed by atoms with Crippen LogP contribution in [-0.4, -0.2) is 21.8 Å². The first-order chi connectivity index (χ1) is 15.2. The van der Waals surface area contributed by atoms with Crippen molar-refractivity contribution in [3.05, 3.63) is 108 Å². The first-order valence-electron chi connectivity index (χ1n) is 9.86. The van der Waals surface area contributed by atoms with Crippen LogP contribution in [0.1, 0.15) is 17.0 Å². The average Bonchev–Trinajstić information content (AvgIpc) is 3.25. The Bertz CT molecular complexity index is 1120. The summed E-state index contributed by atoms with van der Waals surface area (Å²) in [6, 6.07) is 25.7. The Kier molecular flexibility index (Phi) is 6.64. The van der Waals surface area contributed by atoms with E-state index >= 15 is 0 Å². The van der Waals surface area contributed by atoms with Gasteiger partial charge < -0.3 is 10.2 Å². The highest BCUT2D eigenvalue weighted by molar-refractivity contribution is 7.09. The lowest BCUT2D eigenvalue weighted by Crippen LogP contribution is -2.33. The molecule has 0 radical (unpaired) electrons. The Morgan fingerprint density at radius 1 is 0.903 bits per heavy atom. The minimum atomic E-state index is -0.344. The largest absolute Gasteiger partial charge is 0.333 e. The van der Waals surface area contributed by atoms with Crippen LogP contribution < -0.4 is 10.2 Å². The lowest BCUT2D eigenvalue weighted by atomic mass is 10.1. The van der Waals surface area contributed by atoms with Gasteiger partial charge in [0.1, 0.15) is 11.6 Å². The minimum absolute atomic E-state index is 0.103. The maximum atomic E-state index is 13.1. The fourth-order valence-electron chi connectivity index (χ4n) is 3.13. The Morgan fingerprint density at radius 3 is 2.23 bits per heavy atom. The van der Waals surface area contributed by atoms with Crippen molar-refractivity contribution in [3.8, 4) is 0 Å². The number of carbonyl (C=O) groups is 1. The third kappa shape index (κ3) is 5.96. The van der Waals surface area contributed by atoms with Crippen molar-refractivity contribution in [2.45, 2.75) is 13.0 Å². The van der Waals surface area contributed by atoms with Gasteiger partial charge in [-0.3, -0.25) is 4.79 Å². The summed E-state index contributed by atoms with van der Waals surface area (Å²) >= 11 is 1.28. The van der Waals surface area contributed by atoms with Gasteiger partial charge in [-0.1, -0.05) is 60.7 Å². The van der Waals surface area contributed by atoms with Gasteiger partial charge in [-0.2, -0.15) is 4.37 Å². The van der Waals surface area contributed by atoms with Crippen molar-refractivity contribution in [1.82, 2.24) is 9.36 Å². The lowest BCUT2D eigenvalue weighted by Gasteiger charge is -2.21. The van der Waals surface area contributed by atoms with E-state index in [2.05, 4.69) is 14.7 Å². The Labute approximate surface area is 184 Å². The van der Waals surface area contributed by atoms with Crippen LogP contribution in [0.3, 0.4) is 0 Å². The molecule has 1 aromatic heterocycles. The monoisotopic (exact) mass is 432 g/mol. The number of carbonyl (C=O) groups excluding carboxylic acids is 1. The van der Waals surface area contributed by atoms with Crippen LogP contribution in [0, 0.1) is 5.82 Å². The van der Waals surface area contributed by atoms with Crippen LogP contribution in [0.2, 0.25) is 0 Å². The van der Waals surface area contributed by atoms with Gasteiger partial charge in [0.25, 0.3) is 0 Å². The van der Waals surface area contributed by atoms with Crippen LogP contribution in [0.4, 0.5) is 15.2 Å². The van der Waals surface area contributed by atoms with Crippen LogP contribution >= 0.6 is 11.5 Å². The third-order valence-corrected chi connectivity index (χ3v) is 5.43. The van der Waals surface area contributed by atoms with E-state index in [0.717, 1.165) is 17.0 Å². The molecule has 4 aromatic rings. The van der Waals surface area contributed by atoms with Crippen molar-refractivity contribution in [2.24, 2.45) is 0 Å². The van der Waals surface area contributed by atoms with E-state index in [9.17, 15) is 9.18 Å². The highest BCUT2D eigenvalue weighted by atomic mass is 32.1. The summed E-state index contributed by atoms with van der Waals surface area (Å²) in [5, 5.41) is 3.50. The second-order valence-corrected chi connectivity index (χ2v) is 7.78. The first kappa shape index (κ1) is 20.7. The fraction of sp³-hybridized carbons (Fsp3) is 0.125. The van der Waals surface area contributed by atoms with E-state index in [-0.39, 0.29) is 18.3 Å². The Morgan fingerprint density at radius 2 is 1.55 bits per heavy atom. The maximum Gasteiger partial charge on any atom is 0.243 e. The van der Waals surface area contributed by atoms with Gasteiger partial charge in [-0.15, -0.1) is 0 Å². The maximum absolute atomic E-state index is 13.1. The van der Waals surface area contributed by atoms with Gasteiger partial charge in [0.15, 0.2) is 0 Å². The molecule has 0 aliphatic carbocycles. The lowest BCUT2D eigenvalue weighted by molar-refractivity contribution is -0.115. The van der Waals surface area contributed by atoms with Gasteiger partial charge in [-0.05, 0) is 35.4 Å². The van der Waals surface area contributed by atoms with Gasteiger partial charge in [0.05, 0.1) is 6.54 Å². The molecule has 0 spiro atoms. The van der Waals surface area contributed by atoms with Gasteiger partial charge in [0, 0.05) is 30.2 Å². The summed E-state index contributed by atoms with van der Waals surface area (Å²) in [5.41, 5.74) is 2.75. The van der Waals surface area contributed by atoms with Crippen LogP contribution in [0.15, 0.2) is 84.9 Å². The van der Waals surface area contributed by atoms with Crippen molar-refractivity contribution in [3.63, 3.8) is 0 Å². The smallest absolute Gasteiger partial charge is 0.243 e. The Balaban J connectivity index is 1.50. The number of halogens is 1. The zero-order valence-corrected chi connectivity index (χ0v) is 17.6. The molecule has 0 bridgehead atoms. The number of nitrogens with zero attached hydrogens (tertiary/aromatic N) is 3. The molecule has 0 fully saturated rings. The number of aromatic nitrogens is 2. The van der Waals surface area contributed by atoms with Gasteiger partial charge >= 0.3 is 0 Å². The SMILES string of the molecule is O=C(CN(Cc1ccccc1)c1nc(Cc2ccccc2)ns1)Nc1ccc(F)cc1. The second-order valence-electron chi connectivity index (χ2n) is 7.05. The molecule has 7 heteroatoms. The summed E-state index contributed by atoms with van der Waals surface area (Å²) in [6.07, 6.45) is 0.637. The molecule has 1 heterocycles. The summed E-state index contributed by atoms with van der Waals surface area (Å²) in [5.74, 6) is 0.175. The van der Waals surface area contributed by atoms with E-state index in [1.165, 1.54) is 35.8 Å². The molecule has 156 valence electrons. The van der Waals surface area contributed by atoms with Crippen molar-refractivity contribution in [1.29, 1.82) is 0 Å². The zero-order valence-electron chi connectivity index (χ0n) is 16.7. The standard InChI is InChI=1S/C24H21FN4OS/c25-20-11-13-21(14-12-20)26-23(30)17-29(16-19-9-5-2-6-10-19)24-27-22(28-31-24)15-18-7-3-1-4-8-18/h1-14H,15-17H2,(H,26,30). The normalized spacial score (nSPS) is 10.6. The topological polar surface area (TPSA) is 58.1 Å². The van der Waals surface area contributed by atoms with E-state index in [1.807, 2.05) is 65.6 Å². The number of amides is 1. The molecular weight excluding hydrogens is 411 g/mol. The van der Waals surface area contributed by atoms with Gasteiger partial charge in [0.2, 0.25) is 11.0 Å². The van der Waals surface area contributed by atoms with E-state index in [4.69, 9.17) is 0 Å². The number of benzene rings is 3. The molecule has 5 nitrogen and oxygen atoms in total. The van der Waals surface area contributed by atoms with E-state index < -0.39 is 0 Å². The molecule has 0 aliphatic rings. The Hall–Kier alpha value is -3.58. The second kappa shape index (κ2) is 9.95. The average molecular weight is 433 g/mol. The summed E-state index contributed by atoms with van der Waals surface area (Å²) in [4.78, 5) is 19.3. The van der Waals surface area contributed by atoms with Crippen molar-refractivity contribution in [2.75, 3.05) is 16.8 Å². The molecular formula is C24H21FN4OS. The summed E-state index contributed by atoms with van der Waals surface area (Å²) in [7, 11) is 0. The molecule has 4 rings (SSSR count). The molecule has 0 saturated carbocycles. The number of hydrogen-bond acceptors (Lipinski definition) is 5. The molecule has 0 saturated heterocycles. The first-order valence-corrected chi connectivity index (χ1v) is 10.6. The highest BCUT2D eigenvalue weighted by Gasteiger charge is 2.17. The molecule has 31 heavy (non-hydrogen) atoms. The number of anilines is 2. The van der Waals surface area contributed by atoms with E-state index in [0.29, 0.717) is 23.8 Å². The predicted octanol–water partition coefficient (Wildman–Crippen LogP) is 4.91. The summed E-state index contributed by atoms with van der Waals surface area (Å²) in [6.45, 7) is 0.629. The molecule has 3 aromatic carbocycles. The molecule has 1 N–H and O–H groups in total. The zero-order chi connectivity index (χ0) is 21.5. The molecule has 0 unspecified atom stereocenters. The number of rotatable bonds is 8. The predicted molar refractivity (Wildman–Crippen MR) is 122 cm³/mol. The minimum Gasteiger partial charge on any atom is -0.333 e. The molecule has 0 aliphatic heterocycles. The third-order valence-electron chi connectivity index (χ3n) is 4.61. The van der Waals surface area contributed by atoms with Crippen LogP contribution in [-0.2, 0) is 17.8 Å². The summed E-state index contributed by atoms with van der Waals surface area (Å²) < 4.78 is 17.6. The fourth-order valence-corrected chi connectivity index (χ4v) is 3.81. The van der Waals surface area contributed by atoms with Crippen molar-refractivity contribution >= 4 is 28.3 Å². The van der Waals surface area contributed by atoms with Gasteiger partial charge in [-0.25, -0.2) is 9.37 Å². The quantitative estimate of drug-likeness (QED) is 0.430.